The van der Waals surface area contributed by atoms with E-state index in [9.17, 15) is 9.59 Å². The van der Waals surface area contributed by atoms with Crippen molar-refractivity contribution in [3.05, 3.63) is 35.9 Å². The second-order valence-corrected chi connectivity index (χ2v) is 4.48. The summed E-state index contributed by atoms with van der Waals surface area (Å²) in [6.07, 6.45) is -0.617. The van der Waals surface area contributed by atoms with Crippen LogP contribution in [-0.4, -0.2) is 30.7 Å². The predicted molar refractivity (Wildman–Crippen MR) is 77.2 cm³/mol. The molecule has 0 fully saturated rings. The number of nitrogens with zero attached hydrogens (tertiary/aromatic N) is 2. The van der Waals surface area contributed by atoms with E-state index in [0.717, 1.165) is 5.56 Å². The number of nitrogens with one attached hydrogen (secondary N) is 2. The molecule has 2 unspecified atom stereocenters. The zero-order valence-electron chi connectivity index (χ0n) is 12.1. The highest BCUT2D eigenvalue weighted by Gasteiger charge is 2.23. The molecule has 0 aliphatic carbocycles. The Hall–Kier alpha value is -3.06. The number of hydrogen-bond acceptors (Lipinski definition) is 5. The molecule has 114 valence electrons. The van der Waals surface area contributed by atoms with Crippen molar-refractivity contribution in [1.29, 1.82) is 10.5 Å². The van der Waals surface area contributed by atoms with Crippen LogP contribution < -0.4 is 10.6 Å². The number of rotatable bonds is 6. The van der Waals surface area contributed by atoms with Crippen molar-refractivity contribution >= 4 is 12.0 Å². The first-order valence-corrected chi connectivity index (χ1v) is 6.61. The summed E-state index contributed by atoms with van der Waals surface area (Å²) in [6, 6.07) is 11.1. The van der Waals surface area contributed by atoms with Gasteiger partial charge >= 0.3 is 6.09 Å². The van der Waals surface area contributed by atoms with E-state index in [0.29, 0.717) is 0 Å². The maximum Gasteiger partial charge on any atom is 0.408 e. The lowest BCUT2D eigenvalue weighted by molar-refractivity contribution is -0.123. The van der Waals surface area contributed by atoms with Crippen LogP contribution in [0.2, 0.25) is 0 Å². The van der Waals surface area contributed by atoms with E-state index in [4.69, 9.17) is 10.5 Å². The van der Waals surface area contributed by atoms with Gasteiger partial charge in [0.15, 0.2) is 6.61 Å². The summed E-state index contributed by atoms with van der Waals surface area (Å²) in [7, 11) is 0. The van der Waals surface area contributed by atoms with Gasteiger partial charge in [0.05, 0.1) is 6.07 Å². The highest BCUT2D eigenvalue weighted by atomic mass is 16.5. The van der Waals surface area contributed by atoms with Crippen LogP contribution in [0.1, 0.15) is 12.5 Å². The lowest BCUT2D eigenvalue weighted by atomic mass is 10.1. The second-order valence-electron chi connectivity index (χ2n) is 4.48. The van der Waals surface area contributed by atoms with E-state index in [2.05, 4.69) is 15.4 Å². The van der Waals surface area contributed by atoms with Crippen molar-refractivity contribution in [3.63, 3.8) is 0 Å². The van der Waals surface area contributed by atoms with Gasteiger partial charge in [0.2, 0.25) is 5.91 Å². The standard InChI is InChI=1S/C15H16N4O3/c1-11(10-17)18-14(20)13(19-15(21)22-8-7-16)9-12-5-3-2-4-6-12/h2-6,11,13H,8-9H2,1H3,(H,18,20)(H,19,21). The predicted octanol–water partition coefficient (Wildman–Crippen LogP) is 0.876. The second kappa shape index (κ2) is 8.98. The largest absolute Gasteiger partial charge is 0.434 e. The van der Waals surface area contributed by atoms with Crippen LogP contribution in [0.5, 0.6) is 0 Å². The third kappa shape index (κ3) is 5.93. The number of alkyl carbamates (subject to hydrolysis) is 1. The van der Waals surface area contributed by atoms with Crippen LogP contribution in [0.15, 0.2) is 30.3 Å². The minimum absolute atomic E-state index is 0.243. The van der Waals surface area contributed by atoms with Gasteiger partial charge in [-0.25, -0.2) is 4.79 Å². The van der Waals surface area contributed by atoms with Crippen LogP contribution in [-0.2, 0) is 16.0 Å². The molecule has 1 rings (SSSR count). The minimum atomic E-state index is -0.899. The zero-order valence-corrected chi connectivity index (χ0v) is 12.1. The third-order valence-corrected chi connectivity index (χ3v) is 2.71. The number of nitriles is 2. The van der Waals surface area contributed by atoms with E-state index in [1.54, 1.807) is 6.07 Å². The normalized spacial score (nSPS) is 12.1. The molecule has 7 nitrogen and oxygen atoms in total. The first-order valence-electron chi connectivity index (χ1n) is 6.61. The first-order chi connectivity index (χ1) is 10.6. The van der Waals surface area contributed by atoms with E-state index >= 15 is 0 Å². The molecular formula is C15H16N4O3. The Bertz CT molecular complexity index is 589. The molecule has 1 aromatic rings. The summed E-state index contributed by atoms with van der Waals surface area (Å²) in [5.41, 5.74) is 0.841. The molecule has 0 saturated heterocycles. The Kier molecular flexibility index (Phi) is 6.94. The maximum atomic E-state index is 12.1. The highest BCUT2D eigenvalue weighted by Crippen LogP contribution is 2.04. The summed E-state index contributed by atoms with van der Waals surface area (Å²) in [4.78, 5) is 23.7. The average molecular weight is 300 g/mol. The molecule has 0 bridgehead atoms. The number of hydrogen-bond donors (Lipinski definition) is 2. The zero-order chi connectivity index (χ0) is 16.4. The smallest absolute Gasteiger partial charge is 0.408 e. The lowest BCUT2D eigenvalue weighted by Gasteiger charge is -2.18. The van der Waals surface area contributed by atoms with E-state index < -0.39 is 30.7 Å². The van der Waals surface area contributed by atoms with Gasteiger partial charge in [0.25, 0.3) is 0 Å². The molecule has 0 aliphatic rings. The molecule has 1 aromatic carbocycles. The van der Waals surface area contributed by atoms with Gasteiger partial charge in [-0.2, -0.15) is 10.5 Å². The summed E-state index contributed by atoms with van der Waals surface area (Å²) in [5, 5.41) is 22.0. The van der Waals surface area contributed by atoms with Gasteiger partial charge in [-0.05, 0) is 12.5 Å². The van der Waals surface area contributed by atoms with Gasteiger partial charge in [-0.1, -0.05) is 30.3 Å². The molecule has 0 spiro atoms. The summed E-state index contributed by atoms with van der Waals surface area (Å²) < 4.78 is 4.58. The number of carbonyl (C=O) groups excluding carboxylic acids is 2. The molecule has 2 atom stereocenters. The van der Waals surface area contributed by atoms with Crippen LogP contribution in [0, 0.1) is 22.7 Å². The molecular weight excluding hydrogens is 284 g/mol. The fourth-order valence-electron chi connectivity index (χ4n) is 1.69. The average Bonchev–Trinajstić information content (AvgIpc) is 2.53. The van der Waals surface area contributed by atoms with E-state index in [1.807, 2.05) is 36.4 Å². The van der Waals surface area contributed by atoms with Gasteiger partial charge in [0, 0.05) is 6.42 Å². The van der Waals surface area contributed by atoms with Crippen molar-refractivity contribution in [2.45, 2.75) is 25.4 Å². The lowest BCUT2D eigenvalue weighted by Crippen LogP contribution is -2.50. The Balaban J connectivity index is 2.76. The Morgan fingerprint density at radius 1 is 1.23 bits per heavy atom. The number of amides is 2. The topological polar surface area (TPSA) is 115 Å². The molecule has 0 aliphatic heterocycles. The first kappa shape index (κ1) is 17.0. The molecule has 2 amide bonds. The van der Waals surface area contributed by atoms with E-state index in [1.165, 1.54) is 6.92 Å². The molecule has 0 aromatic heterocycles. The van der Waals surface area contributed by atoms with Crippen molar-refractivity contribution < 1.29 is 14.3 Å². The Morgan fingerprint density at radius 3 is 2.50 bits per heavy atom. The van der Waals surface area contributed by atoms with Crippen LogP contribution in [0.25, 0.3) is 0 Å². The number of ether oxygens (including phenoxy) is 1. The summed E-state index contributed by atoms with van der Waals surface area (Å²) >= 11 is 0. The summed E-state index contributed by atoms with van der Waals surface area (Å²) in [6.45, 7) is 1.13. The van der Waals surface area contributed by atoms with Crippen LogP contribution in [0.3, 0.4) is 0 Å². The fourth-order valence-corrected chi connectivity index (χ4v) is 1.69. The number of benzene rings is 1. The van der Waals surface area contributed by atoms with Crippen LogP contribution >= 0.6 is 0 Å². The van der Waals surface area contributed by atoms with Crippen molar-refractivity contribution in [1.82, 2.24) is 10.6 Å². The molecule has 0 heterocycles. The Morgan fingerprint density at radius 2 is 1.91 bits per heavy atom. The molecule has 7 heteroatoms. The van der Waals surface area contributed by atoms with Crippen molar-refractivity contribution in [3.8, 4) is 12.1 Å². The van der Waals surface area contributed by atoms with Crippen molar-refractivity contribution in [2.75, 3.05) is 6.61 Å². The van der Waals surface area contributed by atoms with E-state index in [-0.39, 0.29) is 6.42 Å². The fraction of sp³-hybridized carbons (Fsp3) is 0.333. The van der Waals surface area contributed by atoms with Gasteiger partial charge in [-0.15, -0.1) is 0 Å². The highest BCUT2D eigenvalue weighted by molar-refractivity contribution is 5.86. The Labute approximate surface area is 128 Å². The monoisotopic (exact) mass is 300 g/mol. The summed E-state index contributed by atoms with van der Waals surface area (Å²) in [5.74, 6) is -0.494. The maximum absolute atomic E-state index is 12.1. The van der Waals surface area contributed by atoms with Gasteiger partial charge < -0.3 is 15.4 Å². The number of carbonyl (C=O) groups is 2. The molecule has 0 radical (unpaired) electrons. The molecule has 0 saturated carbocycles. The quantitative estimate of drug-likeness (QED) is 0.809. The molecule has 22 heavy (non-hydrogen) atoms. The molecule has 2 N–H and O–H groups in total. The van der Waals surface area contributed by atoms with Gasteiger partial charge in [0.1, 0.15) is 18.2 Å². The van der Waals surface area contributed by atoms with Crippen molar-refractivity contribution in [2.24, 2.45) is 0 Å². The van der Waals surface area contributed by atoms with Crippen LogP contribution in [0.4, 0.5) is 4.79 Å². The minimum Gasteiger partial charge on any atom is -0.434 e. The third-order valence-electron chi connectivity index (χ3n) is 2.71. The van der Waals surface area contributed by atoms with Gasteiger partial charge in [-0.3, -0.25) is 4.79 Å². The SMILES string of the molecule is CC(C#N)NC(=O)C(Cc1ccccc1)NC(=O)OCC#N.